The second-order valence-electron chi connectivity index (χ2n) is 5.86. The molecule has 0 saturated carbocycles. The molecule has 0 fully saturated rings. The van der Waals surface area contributed by atoms with Gasteiger partial charge in [-0.2, -0.15) is 5.10 Å². The highest BCUT2D eigenvalue weighted by atomic mass is 19.1. The molecular formula is C16H20FN5O2. The van der Waals surface area contributed by atoms with E-state index in [9.17, 15) is 9.18 Å². The summed E-state index contributed by atoms with van der Waals surface area (Å²) < 4.78 is 20.6. The number of carbonyl (C=O) groups is 1. The van der Waals surface area contributed by atoms with Crippen LogP contribution in [0, 0.1) is 5.82 Å². The van der Waals surface area contributed by atoms with Crippen LogP contribution < -0.4 is 15.4 Å². The van der Waals surface area contributed by atoms with Crippen LogP contribution in [-0.2, 0) is 6.54 Å². The van der Waals surface area contributed by atoms with Crippen LogP contribution >= 0.6 is 0 Å². The second kappa shape index (κ2) is 7.29. The molecule has 2 heterocycles. The smallest absolute Gasteiger partial charge is 0.315 e. The average molecular weight is 333 g/mol. The summed E-state index contributed by atoms with van der Waals surface area (Å²) in [4.78, 5) is 16.1. The summed E-state index contributed by atoms with van der Waals surface area (Å²) in [7, 11) is 0. The number of amides is 2. The lowest BCUT2D eigenvalue weighted by molar-refractivity contribution is 0.231. The van der Waals surface area contributed by atoms with E-state index >= 15 is 0 Å². The quantitative estimate of drug-likeness (QED) is 0.897. The van der Waals surface area contributed by atoms with E-state index in [4.69, 9.17) is 4.74 Å². The molecule has 2 atom stereocenters. The summed E-state index contributed by atoms with van der Waals surface area (Å²) in [6, 6.07) is 3.82. The van der Waals surface area contributed by atoms with E-state index in [1.165, 1.54) is 18.5 Å². The lowest BCUT2D eigenvalue weighted by atomic mass is 10.0. The summed E-state index contributed by atoms with van der Waals surface area (Å²) >= 11 is 0. The molecule has 2 N–H and O–H groups in total. The first-order valence-electron chi connectivity index (χ1n) is 7.93. The van der Waals surface area contributed by atoms with Gasteiger partial charge in [0.05, 0.1) is 19.2 Å². The van der Waals surface area contributed by atoms with Gasteiger partial charge in [0, 0.05) is 17.7 Å². The molecule has 7 nitrogen and oxygen atoms in total. The molecule has 0 aliphatic carbocycles. The molecule has 0 spiro atoms. The standard InChI is InChI=1S/C16H20FN5O2/c1-11(8-22-10-18-9-19-22)20-16(23)21-14-3-2-6-24-15-7-12(17)4-5-13(14)15/h4-5,7,9-11,14H,2-3,6,8H2,1H3,(H2,20,21,23)/t11-,14-/m0/s1. The molecule has 0 radical (unpaired) electrons. The van der Waals surface area contributed by atoms with Gasteiger partial charge < -0.3 is 15.4 Å². The zero-order chi connectivity index (χ0) is 16.9. The molecular weight excluding hydrogens is 313 g/mol. The largest absolute Gasteiger partial charge is 0.493 e. The Morgan fingerprint density at radius 2 is 2.42 bits per heavy atom. The Morgan fingerprint density at radius 1 is 1.54 bits per heavy atom. The highest BCUT2D eigenvalue weighted by Crippen LogP contribution is 2.31. The summed E-state index contributed by atoms with van der Waals surface area (Å²) in [5.41, 5.74) is 0.799. The van der Waals surface area contributed by atoms with E-state index in [-0.39, 0.29) is 23.9 Å². The van der Waals surface area contributed by atoms with Gasteiger partial charge in [0.15, 0.2) is 0 Å². The van der Waals surface area contributed by atoms with Gasteiger partial charge in [0.25, 0.3) is 0 Å². The molecule has 24 heavy (non-hydrogen) atoms. The first-order valence-corrected chi connectivity index (χ1v) is 7.93. The van der Waals surface area contributed by atoms with Gasteiger partial charge >= 0.3 is 6.03 Å². The maximum Gasteiger partial charge on any atom is 0.315 e. The van der Waals surface area contributed by atoms with Crippen LogP contribution in [0.3, 0.4) is 0 Å². The van der Waals surface area contributed by atoms with Crippen molar-refractivity contribution in [3.05, 3.63) is 42.2 Å². The van der Waals surface area contributed by atoms with Gasteiger partial charge in [-0.3, -0.25) is 4.68 Å². The average Bonchev–Trinajstić information content (AvgIpc) is 2.95. The number of hydrogen-bond donors (Lipinski definition) is 2. The number of hydrogen-bond acceptors (Lipinski definition) is 4. The molecule has 1 aliphatic heterocycles. The van der Waals surface area contributed by atoms with Gasteiger partial charge in [0.2, 0.25) is 0 Å². The van der Waals surface area contributed by atoms with Crippen LogP contribution in [0.5, 0.6) is 5.75 Å². The Kier molecular flexibility index (Phi) is 4.93. The number of carbonyl (C=O) groups excluding carboxylic acids is 1. The van der Waals surface area contributed by atoms with Gasteiger partial charge in [0.1, 0.15) is 24.2 Å². The van der Waals surface area contributed by atoms with Crippen molar-refractivity contribution in [3.8, 4) is 5.75 Å². The number of rotatable bonds is 4. The Morgan fingerprint density at radius 3 is 3.21 bits per heavy atom. The minimum absolute atomic E-state index is 0.110. The van der Waals surface area contributed by atoms with Crippen LogP contribution in [0.1, 0.15) is 31.4 Å². The lowest BCUT2D eigenvalue weighted by Gasteiger charge is -2.21. The van der Waals surface area contributed by atoms with Crippen LogP contribution in [-0.4, -0.2) is 33.4 Å². The second-order valence-corrected chi connectivity index (χ2v) is 5.86. The third kappa shape index (κ3) is 4.01. The Bertz CT molecular complexity index is 692. The molecule has 2 aromatic rings. The number of halogens is 1. The predicted molar refractivity (Wildman–Crippen MR) is 85.0 cm³/mol. The van der Waals surface area contributed by atoms with Crippen LogP contribution in [0.15, 0.2) is 30.9 Å². The molecule has 8 heteroatoms. The molecule has 1 aromatic heterocycles. The summed E-state index contributed by atoms with van der Waals surface area (Å²) in [6.07, 6.45) is 4.58. The fraction of sp³-hybridized carbons (Fsp3) is 0.438. The summed E-state index contributed by atoms with van der Waals surface area (Å²) in [5, 5.41) is 9.83. The highest BCUT2D eigenvalue weighted by molar-refractivity contribution is 5.74. The maximum absolute atomic E-state index is 13.4. The predicted octanol–water partition coefficient (Wildman–Crippen LogP) is 2.02. The molecule has 0 unspecified atom stereocenters. The van der Waals surface area contributed by atoms with Crippen molar-refractivity contribution in [2.45, 2.75) is 38.4 Å². The number of nitrogens with one attached hydrogen (secondary N) is 2. The number of nitrogens with zero attached hydrogens (tertiary/aromatic N) is 3. The number of aromatic nitrogens is 3. The van der Waals surface area contributed by atoms with Crippen molar-refractivity contribution in [1.29, 1.82) is 0 Å². The number of fused-ring (bicyclic) bond motifs is 1. The number of benzene rings is 1. The van der Waals surface area contributed by atoms with E-state index in [0.29, 0.717) is 18.9 Å². The fourth-order valence-corrected chi connectivity index (χ4v) is 2.77. The van der Waals surface area contributed by atoms with E-state index in [1.807, 2.05) is 6.92 Å². The van der Waals surface area contributed by atoms with Crippen molar-refractivity contribution in [1.82, 2.24) is 25.4 Å². The first kappa shape index (κ1) is 16.2. The van der Waals surface area contributed by atoms with Crippen LogP contribution in [0.2, 0.25) is 0 Å². The SMILES string of the molecule is C[C@@H](Cn1cncn1)NC(=O)N[C@H]1CCCOc2cc(F)ccc21. The van der Waals surface area contributed by atoms with Crippen molar-refractivity contribution in [3.63, 3.8) is 0 Å². The Hall–Kier alpha value is -2.64. The van der Waals surface area contributed by atoms with Crippen LogP contribution in [0.25, 0.3) is 0 Å². The molecule has 3 rings (SSSR count). The van der Waals surface area contributed by atoms with Gasteiger partial charge in [-0.05, 0) is 25.8 Å². The van der Waals surface area contributed by atoms with E-state index in [2.05, 4.69) is 20.7 Å². The minimum atomic E-state index is -0.347. The summed E-state index contributed by atoms with van der Waals surface area (Å²) in [5.74, 6) is 0.147. The van der Waals surface area contributed by atoms with Crippen molar-refractivity contribution < 1.29 is 13.9 Å². The van der Waals surface area contributed by atoms with Crippen molar-refractivity contribution in [2.24, 2.45) is 0 Å². The molecule has 0 bridgehead atoms. The molecule has 2 amide bonds. The Balaban J connectivity index is 1.61. The normalized spacial score (nSPS) is 18.0. The molecule has 128 valence electrons. The Labute approximate surface area is 139 Å². The number of urea groups is 1. The monoisotopic (exact) mass is 333 g/mol. The van der Waals surface area contributed by atoms with Gasteiger partial charge in [-0.25, -0.2) is 14.2 Å². The van der Waals surface area contributed by atoms with Gasteiger partial charge in [-0.1, -0.05) is 6.07 Å². The molecule has 1 aromatic carbocycles. The van der Waals surface area contributed by atoms with E-state index in [0.717, 1.165) is 18.4 Å². The lowest BCUT2D eigenvalue weighted by Crippen LogP contribution is -2.43. The fourth-order valence-electron chi connectivity index (χ4n) is 2.77. The van der Waals surface area contributed by atoms with E-state index < -0.39 is 0 Å². The van der Waals surface area contributed by atoms with Crippen molar-refractivity contribution in [2.75, 3.05) is 6.61 Å². The first-order chi connectivity index (χ1) is 11.6. The molecule has 1 aliphatic rings. The third-order valence-electron chi connectivity index (χ3n) is 3.86. The minimum Gasteiger partial charge on any atom is -0.493 e. The van der Waals surface area contributed by atoms with Crippen LogP contribution in [0.4, 0.5) is 9.18 Å². The maximum atomic E-state index is 13.4. The van der Waals surface area contributed by atoms with Gasteiger partial charge in [-0.15, -0.1) is 0 Å². The molecule has 0 saturated heterocycles. The zero-order valence-corrected chi connectivity index (χ0v) is 13.4. The highest BCUT2D eigenvalue weighted by Gasteiger charge is 2.22. The number of ether oxygens (including phenoxy) is 1. The summed E-state index contributed by atoms with van der Waals surface area (Å²) in [6.45, 7) is 2.93. The van der Waals surface area contributed by atoms with Crippen molar-refractivity contribution >= 4 is 6.03 Å². The zero-order valence-electron chi connectivity index (χ0n) is 13.4. The van der Waals surface area contributed by atoms with E-state index in [1.54, 1.807) is 17.1 Å². The topological polar surface area (TPSA) is 81.1 Å². The third-order valence-corrected chi connectivity index (χ3v) is 3.86.